The van der Waals surface area contributed by atoms with Crippen LogP contribution in [0, 0.1) is 5.92 Å². The number of esters is 1. The summed E-state index contributed by atoms with van der Waals surface area (Å²) < 4.78 is 27.5. The van der Waals surface area contributed by atoms with Gasteiger partial charge in [0.05, 0.1) is 25.7 Å². The topological polar surface area (TPSA) is 80.3 Å². The molecular weight excluding hydrogens is 400 g/mol. The monoisotopic (exact) mass is 424 g/mol. The van der Waals surface area contributed by atoms with E-state index in [9.17, 15) is 9.59 Å². The predicted molar refractivity (Wildman–Crippen MR) is 111 cm³/mol. The van der Waals surface area contributed by atoms with Crippen molar-refractivity contribution in [3.8, 4) is 17.2 Å². The minimum absolute atomic E-state index is 0.100. The minimum atomic E-state index is -0.415. The lowest BCUT2D eigenvalue weighted by molar-refractivity contribution is -0.132. The van der Waals surface area contributed by atoms with E-state index in [2.05, 4.69) is 0 Å². The number of methoxy groups -OCH3 is 2. The van der Waals surface area contributed by atoms with Gasteiger partial charge in [-0.25, -0.2) is 4.79 Å². The Balaban J connectivity index is 1.38. The maximum Gasteiger partial charge on any atom is 0.338 e. The highest BCUT2D eigenvalue weighted by Gasteiger charge is 2.42. The van der Waals surface area contributed by atoms with Crippen molar-refractivity contribution >= 4 is 11.8 Å². The van der Waals surface area contributed by atoms with E-state index in [1.54, 1.807) is 62.8 Å². The minimum Gasteiger partial charge on any atom is -0.497 e. The Hall–Kier alpha value is -3.48. The molecule has 0 aromatic heterocycles. The van der Waals surface area contributed by atoms with E-state index in [1.165, 1.54) is 6.26 Å². The number of rotatable bonds is 6. The van der Waals surface area contributed by atoms with Gasteiger partial charge >= 0.3 is 5.97 Å². The molecule has 31 heavy (non-hydrogen) atoms. The lowest BCUT2D eigenvalue weighted by Crippen LogP contribution is -2.43. The molecule has 162 valence electrons. The normalized spacial score (nSPS) is 22.5. The number of hydrogen-bond donors (Lipinski definition) is 0. The lowest BCUT2D eigenvalue weighted by atomic mass is 9.80. The largest absolute Gasteiger partial charge is 0.497 e. The Morgan fingerprint density at radius 1 is 0.968 bits per heavy atom. The fraction of sp³-hybridized carbons (Fsp3) is 0.333. The van der Waals surface area contributed by atoms with Crippen LogP contribution in [0.2, 0.25) is 0 Å². The molecule has 1 fully saturated rings. The predicted octanol–water partition coefficient (Wildman–Crippen LogP) is 3.92. The zero-order chi connectivity index (χ0) is 21.8. The first kappa shape index (κ1) is 20.8. The van der Waals surface area contributed by atoms with Crippen LogP contribution in [0.5, 0.6) is 17.2 Å². The third-order valence-corrected chi connectivity index (χ3v) is 5.52. The summed E-state index contributed by atoms with van der Waals surface area (Å²) >= 11 is 0. The van der Waals surface area contributed by atoms with Crippen molar-refractivity contribution in [3.63, 3.8) is 0 Å². The number of Topliss-reactive ketones (excluding diaryl/α,β-unsaturated/α-hetero) is 1. The second kappa shape index (κ2) is 9.12. The zero-order valence-corrected chi connectivity index (χ0v) is 17.4. The van der Waals surface area contributed by atoms with Crippen molar-refractivity contribution in [3.05, 3.63) is 66.1 Å². The summed E-state index contributed by atoms with van der Waals surface area (Å²) in [7, 11) is 3.11. The lowest BCUT2D eigenvalue weighted by Gasteiger charge is -2.36. The molecule has 7 nitrogen and oxygen atoms in total. The van der Waals surface area contributed by atoms with Crippen molar-refractivity contribution in [2.45, 2.75) is 31.5 Å². The molecule has 2 aliphatic rings. The van der Waals surface area contributed by atoms with Gasteiger partial charge in [0, 0.05) is 12.5 Å². The second-order valence-corrected chi connectivity index (χ2v) is 7.48. The highest BCUT2D eigenvalue weighted by molar-refractivity contribution is 5.96. The number of carbonyl (C=O) groups excluding carboxylic acids is 2. The number of ketones is 1. The van der Waals surface area contributed by atoms with E-state index in [1.807, 2.05) is 0 Å². The van der Waals surface area contributed by atoms with Gasteiger partial charge < -0.3 is 23.7 Å². The molecule has 0 saturated heterocycles. The molecule has 3 unspecified atom stereocenters. The van der Waals surface area contributed by atoms with Crippen molar-refractivity contribution in [2.24, 2.45) is 5.92 Å². The third-order valence-electron chi connectivity index (χ3n) is 5.52. The molecule has 0 N–H and O–H groups in total. The van der Waals surface area contributed by atoms with Gasteiger partial charge in [-0.2, -0.15) is 0 Å². The van der Waals surface area contributed by atoms with Crippen LogP contribution in [-0.4, -0.2) is 38.2 Å². The first-order valence-electron chi connectivity index (χ1n) is 10.1. The Kier molecular flexibility index (Phi) is 6.11. The molecule has 1 heterocycles. The van der Waals surface area contributed by atoms with Gasteiger partial charge in [-0.3, -0.25) is 4.79 Å². The molecule has 2 aromatic rings. The summed E-state index contributed by atoms with van der Waals surface area (Å²) in [5.74, 6) is 1.06. The average Bonchev–Trinajstić information content (AvgIpc) is 2.81. The van der Waals surface area contributed by atoms with Crippen LogP contribution in [0.25, 0.3) is 0 Å². The SMILES string of the molecule is COc1cccc(OC2=COC3CC(OC(=O)c4cccc(OC)c4)CCC3C2=O)c1. The van der Waals surface area contributed by atoms with E-state index in [-0.39, 0.29) is 29.7 Å². The molecule has 1 saturated carbocycles. The molecule has 4 rings (SSSR count). The molecule has 0 spiro atoms. The van der Waals surface area contributed by atoms with Gasteiger partial charge in [0.2, 0.25) is 11.5 Å². The van der Waals surface area contributed by atoms with E-state index in [0.29, 0.717) is 42.1 Å². The van der Waals surface area contributed by atoms with Crippen molar-refractivity contribution in [2.75, 3.05) is 14.2 Å². The standard InChI is InChI=1S/C24H24O7/c1-27-16-6-3-5-15(11-16)24(26)31-19-9-10-20-21(13-19)29-14-22(23(20)25)30-18-8-4-7-17(12-18)28-2/h3-8,11-12,14,19-21H,9-10,13H2,1-2H3. The van der Waals surface area contributed by atoms with Crippen LogP contribution >= 0.6 is 0 Å². The maximum atomic E-state index is 12.9. The van der Waals surface area contributed by atoms with Gasteiger partial charge in [0.25, 0.3) is 0 Å². The first-order valence-corrected chi connectivity index (χ1v) is 10.1. The number of hydrogen-bond acceptors (Lipinski definition) is 7. The number of allylic oxidation sites excluding steroid dienone is 1. The number of fused-ring (bicyclic) bond motifs is 1. The Morgan fingerprint density at radius 2 is 1.68 bits per heavy atom. The fourth-order valence-corrected chi connectivity index (χ4v) is 3.88. The summed E-state index contributed by atoms with van der Waals surface area (Å²) in [6, 6.07) is 13.9. The van der Waals surface area contributed by atoms with Crippen LogP contribution in [0.3, 0.4) is 0 Å². The van der Waals surface area contributed by atoms with Gasteiger partial charge in [-0.05, 0) is 43.2 Å². The van der Waals surface area contributed by atoms with E-state index < -0.39 is 5.97 Å². The van der Waals surface area contributed by atoms with Gasteiger partial charge in [0.1, 0.15) is 35.7 Å². The Labute approximate surface area is 180 Å². The molecule has 0 amide bonds. The van der Waals surface area contributed by atoms with E-state index in [4.69, 9.17) is 23.7 Å². The van der Waals surface area contributed by atoms with Crippen molar-refractivity contribution in [1.82, 2.24) is 0 Å². The van der Waals surface area contributed by atoms with Crippen LogP contribution in [0.1, 0.15) is 29.6 Å². The first-order chi connectivity index (χ1) is 15.1. The third kappa shape index (κ3) is 4.66. The average molecular weight is 424 g/mol. The highest BCUT2D eigenvalue weighted by atomic mass is 16.6. The summed E-state index contributed by atoms with van der Waals surface area (Å²) in [5.41, 5.74) is 0.427. The van der Waals surface area contributed by atoms with E-state index in [0.717, 1.165) is 0 Å². The summed E-state index contributed by atoms with van der Waals surface area (Å²) in [4.78, 5) is 25.4. The molecule has 0 radical (unpaired) electrons. The maximum absolute atomic E-state index is 12.9. The quantitative estimate of drug-likeness (QED) is 0.650. The summed E-state index contributed by atoms with van der Waals surface area (Å²) in [5, 5.41) is 0. The van der Waals surface area contributed by atoms with Crippen LogP contribution < -0.4 is 14.2 Å². The second-order valence-electron chi connectivity index (χ2n) is 7.48. The Morgan fingerprint density at radius 3 is 2.45 bits per heavy atom. The van der Waals surface area contributed by atoms with Gasteiger partial charge in [-0.15, -0.1) is 0 Å². The summed E-state index contributed by atoms with van der Waals surface area (Å²) in [6.07, 6.45) is 2.28. The van der Waals surface area contributed by atoms with Crippen molar-refractivity contribution < 1.29 is 33.3 Å². The van der Waals surface area contributed by atoms with Gasteiger partial charge in [-0.1, -0.05) is 12.1 Å². The number of ether oxygens (including phenoxy) is 5. The molecule has 3 atom stereocenters. The molecule has 2 aromatic carbocycles. The fourth-order valence-electron chi connectivity index (χ4n) is 3.88. The zero-order valence-electron chi connectivity index (χ0n) is 17.4. The van der Waals surface area contributed by atoms with Crippen molar-refractivity contribution in [1.29, 1.82) is 0 Å². The molecule has 7 heteroatoms. The van der Waals surface area contributed by atoms with Crippen LogP contribution in [-0.2, 0) is 14.3 Å². The smallest absolute Gasteiger partial charge is 0.338 e. The number of carbonyl (C=O) groups is 2. The summed E-state index contributed by atoms with van der Waals surface area (Å²) in [6.45, 7) is 0. The van der Waals surface area contributed by atoms with Gasteiger partial charge in [0.15, 0.2) is 0 Å². The van der Waals surface area contributed by atoms with E-state index >= 15 is 0 Å². The molecule has 0 bridgehead atoms. The molecule has 1 aliphatic carbocycles. The van der Waals surface area contributed by atoms with Crippen LogP contribution in [0.15, 0.2) is 60.6 Å². The molecule has 1 aliphatic heterocycles. The highest BCUT2D eigenvalue weighted by Crippen LogP contribution is 2.35. The number of benzene rings is 2. The Bertz CT molecular complexity index is 997. The molecular formula is C24H24O7. The van der Waals surface area contributed by atoms with Crippen LogP contribution in [0.4, 0.5) is 0 Å².